The summed E-state index contributed by atoms with van der Waals surface area (Å²) in [6.07, 6.45) is 4.72. The summed E-state index contributed by atoms with van der Waals surface area (Å²) in [5.41, 5.74) is 1.93. The molecule has 0 unspecified atom stereocenters. The van der Waals surface area contributed by atoms with Crippen molar-refractivity contribution in [2.75, 3.05) is 4.90 Å². The maximum atomic E-state index is 12.6. The van der Waals surface area contributed by atoms with Crippen molar-refractivity contribution in [3.05, 3.63) is 42.0 Å². The number of carbonyl (C=O) groups is 1. The third-order valence-corrected chi connectivity index (χ3v) is 4.93. The van der Waals surface area contributed by atoms with Crippen LogP contribution in [0.15, 0.2) is 36.4 Å². The van der Waals surface area contributed by atoms with E-state index in [-0.39, 0.29) is 17.7 Å². The largest absolute Gasteiger partial charge is 0.373 e. The lowest BCUT2D eigenvalue weighted by atomic mass is 9.85. The van der Waals surface area contributed by atoms with Crippen molar-refractivity contribution in [1.82, 2.24) is 0 Å². The highest BCUT2D eigenvalue weighted by Gasteiger charge is 2.59. The summed E-state index contributed by atoms with van der Waals surface area (Å²) in [6.45, 7) is 2.00. The topological polar surface area (TPSA) is 40.5 Å². The average Bonchev–Trinajstić information content (AvgIpc) is 3.04. The summed E-state index contributed by atoms with van der Waals surface area (Å²) in [6, 6.07) is 7.82. The number of hydrogen-bond donors (Lipinski definition) is 1. The molecule has 1 heterocycles. The highest BCUT2D eigenvalue weighted by atomic mass is 16.3. The molecule has 98 valence electrons. The minimum Gasteiger partial charge on any atom is -0.373 e. The van der Waals surface area contributed by atoms with E-state index in [0.29, 0.717) is 11.8 Å². The van der Waals surface area contributed by atoms with Crippen molar-refractivity contribution in [2.24, 2.45) is 23.7 Å². The average molecular weight is 255 g/mol. The molecule has 19 heavy (non-hydrogen) atoms. The number of aryl methyl sites for hydroxylation is 1. The van der Waals surface area contributed by atoms with Crippen molar-refractivity contribution >= 4 is 11.6 Å². The zero-order valence-electron chi connectivity index (χ0n) is 10.9. The number of rotatable bonds is 1. The normalized spacial score (nSPS) is 39.2. The smallest absolute Gasteiger partial charge is 0.233 e. The Kier molecular flexibility index (Phi) is 2.19. The van der Waals surface area contributed by atoms with Gasteiger partial charge in [-0.15, -0.1) is 0 Å². The van der Waals surface area contributed by atoms with Crippen molar-refractivity contribution in [2.45, 2.75) is 19.6 Å². The number of nitrogens with zero attached hydrogens (tertiary/aromatic N) is 1. The van der Waals surface area contributed by atoms with Gasteiger partial charge in [-0.2, -0.15) is 0 Å². The number of hydrogen-bond acceptors (Lipinski definition) is 2. The molecule has 0 aromatic heterocycles. The Hall–Kier alpha value is -1.61. The van der Waals surface area contributed by atoms with Crippen LogP contribution in [0.25, 0.3) is 0 Å². The Bertz CT molecular complexity index is 580. The van der Waals surface area contributed by atoms with E-state index in [1.165, 1.54) is 0 Å². The first-order valence-electron chi connectivity index (χ1n) is 6.93. The van der Waals surface area contributed by atoms with Gasteiger partial charge in [-0.3, -0.25) is 9.69 Å². The van der Waals surface area contributed by atoms with Gasteiger partial charge in [-0.1, -0.05) is 24.3 Å². The predicted molar refractivity (Wildman–Crippen MR) is 72.4 cm³/mol. The van der Waals surface area contributed by atoms with Gasteiger partial charge in [0.25, 0.3) is 0 Å². The predicted octanol–water partition coefficient (Wildman–Crippen LogP) is 2.10. The molecule has 3 nitrogen and oxygen atoms in total. The minimum absolute atomic E-state index is 0.00878. The molecule has 1 aromatic carbocycles. The number of aliphatic hydroxyl groups is 1. The van der Waals surface area contributed by atoms with Crippen LogP contribution in [-0.4, -0.2) is 17.2 Å². The number of carbonyl (C=O) groups excluding carboxylic acids is 1. The summed E-state index contributed by atoms with van der Waals surface area (Å²) in [5, 5.41) is 10.6. The Morgan fingerprint density at radius 1 is 1.26 bits per heavy atom. The summed E-state index contributed by atoms with van der Waals surface area (Å²) >= 11 is 0. The molecule has 1 amide bonds. The van der Waals surface area contributed by atoms with Crippen LogP contribution < -0.4 is 4.90 Å². The summed E-state index contributed by atoms with van der Waals surface area (Å²) in [4.78, 5) is 14.2. The van der Waals surface area contributed by atoms with Gasteiger partial charge < -0.3 is 5.11 Å². The van der Waals surface area contributed by atoms with E-state index in [0.717, 1.165) is 17.7 Å². The molecule has 1 saturated heterocycles. The first kappa shape index (κ1) is 11.2. The van der Waals surface area contributed by atoms with E-state index in [1.54, 1.807) is 4.90 Å². The van der Waals surface area contributed by atoms with E-state index < -0.39 is 6.23 Å². The lowest BCUT2D eigenvalue weighted by Gasteiger charge is -2.25. The summed E-state index contributed by atoms with van der Waals surface area (Å²) < 4.78 is 0. The Labute approximate surface area is 112 Å². The molecule has 1 aromatic rings. The minimum atomic E-state index is -0.667. The van der Waals surface area contributed by atoms with Gasteiger partial charge in [-0.25, -0.2) is 0 Å². The molecule has 1 aliphatic heterocycles. The van der Waals surface area contributed by atoms with Crippen molar-refractivity contribution in [3.8, 4) is 0 Å². The molecule has 5 atom stereocenters. The molecule has 1 N–H and O–H groups in total. The Morgan fingerprint density at radius 2 is 2.05 bits per heavy atom. The molecule has 1 saturated carbocycles. The highest BCUT2D eigenvalue weighted by Crippen LogP contribution is 2.54. The van der Waals surface area contributed by atoms with E-state index in [2.05, 4.69) is 12.2 Å². The molecule has 0 radical (unpaired) electrons. The maximum absolute atomic E-state index is 12.6. The third-order valence-electron chi connectivity index (χ3n) is 4.93. The van der Waals surface area contributed by atoms with E-state index in [4.69, 9.17) is 0 Å². The fourth-order valence-corrected chi connectivity index (χ4v) is 4.14. The van der Waals surface area contributed by atoms with Crippen LogP contribution in [0.4, 0.5) is 5.69 Å². The van der Waals surface area contributed by atoms with E-state index >= 15 is 0 Å². The van der Waals surface area contributed by atoms with Crippen LogP contribution in [0, 0.1) is 30.6 Å². The lowest BCUT2D eigenvalue weighted by Crippen LogP contribution is -2.36. The van der Waals surface area contributed by atoms with Gasteiger partial charge in [0.1, 0.15) is 6.23 Å². The van der Waals surface area contributed by atoms with Gasteiger partial charge in [0, 0.05) is 11.6 Å². The van der Waals surface area contributed by atoms with Crippen molar-refractivity contribution in [3.63, 3.8) is 0 Å². The second kappa shape index (κ2) is 3.70. The number of allylic oxidation sites excluding steroid dienone is 2. The van der Waals surface area contributed by atoms with Crippen LogP contribution in [0.5, 0.6) is 0 Å². The summed E-state index contributed by atoms with van der Waals surface area (Å²) in [7, 11) is 0. The highest BCUT2D eigenvalue weighted by molar-refractivity contribution is 5.99. The maximum Gasteiger partial charge on any atom is 0.233 e. The van der Waals surface area contributed by atoms with Gasteiger partial charge in [0.15, 0.2) is 0 Å². The number of aliphatic hydroxyl groups excluding tert-OH is 1. The van der Waals surface area contributed by atoms with Crippen molar-refractivity contribution < 1.29 is 9.90 Å². The zero-order chi connectivity index (χ0) is 13.1. The van der Waals surface area contributed by atoms with Crippen LogP contribution >= 0.6 is 0 Å². The first-order valence-corrected chi connectivity index (χ1v) is 6.93. The number of fused-ring (bicyclic) bond motifs is 5. The quantitative estimate of drug-likeness (QED) is 0.781. The van der Waals surface area contributed by atoms with Gasteiger partial charge >= 0.3 is 0 Å². The second-order valence-electron chi connectivity index (χ2n) is 6.01. The van der Waals surface area contributed by atoms with Crippen LogP contribution in [0.2, 0.25) is 0 Å². The Morgan fingerprint density at radius 3 is 2.79 bits per heavy atom. The molecule has 3 heteroatoms. The molecule has 2 aliphatic carbocycles. The molecule has 0 spiro atoms. The van der Waals surface area contributed by atoms with E-state index in [9.17, 15) is 9.90 Å². The van der Waals surface area contributed by atoms with Crippen molar-refractivity contribution in [1.29, 1.82) is 0 Å². The summed E-state index contributed by atoms with van der Waals surface area (Å²) in [5.74, 6) is 0.893. The number of amides is 1. The molecule has 2 bridgehead atoms. The SMILES string of the molecule is Cc1cccc(N2C(=O)[C@H]3[C@@H]([C@H]2O)[C@H]2C=C[C@H]3C2)c1. The molecule has 2 fully saturated rings. The van der Waals surface area contributed by atoms with Gasteiger partial charge in [0.2, 0.25) is 5.91 Å². The van der Waals surface area contributed by atoms with Gasteiger partial charge in [0.05, 0.1) is 5.92 Å². The third kappa shape index (κ3) is 1.39. The monoisotopic (exact) mass is 255 g/mol. The van der Waals surface area contributed by atoms with Crippen LogP contribution in [0.3, 0.4) is 0 Å². The first-order chi connectivity index (χ1) is 9.16. The molecule has 4 rings (SSSR count). The second-order valence-corrected chi connectivity index (χ2v) is 6.01. The zero-order valence-corrected chi connectivity index (χ0v) is 10.9. The van der Waals surface area contributed by atoms with Crippen LogP contribution in [0.1, 0.15) is 12.0 Å². The standard InChI is InChI=1S/C16H17NO2/c1-9-3-2-4-12(7-9)17-15(18)13-10-5-6-11(8-10)14(13)16(17)19/h2-7,10-11,13-15,18H,8H2,1H3/t10-,11-,13-,14+,15+/m0/s1. The number of anilines is 1. The molecular weight excluding hydrogens is 238 g/mol. The van der Waals surface area contributed by atoms with Crippen LogP contribution in [-0.2, 0) is 4.79 Å². The molecular formula is C16H17NO2. The number of benzene rings is 1. The molecule has 3 aliphatic rings. The fraction of sp³-hybridized carbons (Fsp3) is 0.438. The Balaban J connectivity index is 1.74. The lowest BCUT2D eigenvalue weighted by molar-refractivity contribution is -0.121. The van der Waals surface area contributed by atoms with E-state index in [1.807, 2.05) is 31.2 Å². The fourth-order valence-electron chi connectivity index (χ4n) is 4.14. The van der Waals surface area contributed by atoms with Gasteiger partial charge in [-0.05, 0) is 42.9 Å².